The average Bonchev–Trinajstić information content (AvgIpc) is 3.07. The van der Waals surface area contributed by atoms with Crippen molar-refractivity contribution in [2.45, 2.75) is 45.8 Å². The number of piperidine rings is 1. The second kappa shape index (κ2) is 7.99. The van der Waals surface area contributed by atoms with Gasteiger partial charge in [-0.2, -0.15) is 4.52 Å². The molecule has 28 heavy (non-hydrogen) atoms. The van der Waals surface area contributed by atoms with Gasteiger partial charge in [-0.3, -0.25) is 4.79 Å². The minimum absolute atomic E-state index is 0.132. The lowest BCUT2D eigenvalue weighted by molar-refractivity contribution is -0.126. The first kappa shape index (κ1) is 19.8. The minimum Gasteiger partial charge on any atom is -0.480 e. The van der Waals surface area contributed by atoms with Gasteiger partial charge in [-0.25, -0.2) is 4.79 Å². The molecule has 0 bridgehead atoms. The number of amides is 2. The summed E-state index contributed by atoms with van der Waals surface area (Å²) in [4.78, 5) is 26.5. The molecule has 0 saturated carbocycles. The van der Waals surface area contributed by atoms with E-state index in [1.807, 2.05) is 20.8 Å². The summed E-state index contributed by atoms with van der Waals surface area (Å²) >= 11 is 0. The number of nitrogens with zero attached hydrogens (tertiary/aromatic N) is 5. The van der Waals surface area contributed by atoms with Crippen molar-refractivity contribution in [3.63, 3.8) is 0 Å². The largest absolute Gasteiger partial charge is 0.480 e. The van der Waals surface area contributed by atoms with Crippen LogP contribution in [0.1, 0.15) is 39.4 Å². The Morgan fingerprint density at radius 3 is 2.79 bits per heavy atom. The highest BCUT2D eigenvalue weighted by atomic mass is 16.6. The van der Waals surface area contributed by atoms with Gasteiger partial charge >= 0.3 is 6.09 Å². The number of hydrogen-bond acceptors (Lipinski definition) is 7. The number of nitrogens with one attached hydrogen (secondary N) is 1. The molecule has 0 radical (unpaired) electrons. The number of methoxy groups -OCH3 is 1. The van der Waals surface area contributed by atoms with Crippen LogP contribution in [0.5, 0.6) is 5.88 Å². The van der Waals surface area contributed by atoms with Crippen LogP contribution in [0.25, 0.3) is 5.65 Å². The van der Waals surface area contributed by atoms with Gasteiger partial charge in [0, 0.05) is 19.2 Å². The maximum absolute atomic E-state index is 12.6. The Balaban J connectivity index is 1.59. The predicted octanol–water partition coefficient (Wildman–Crippen LogP) is 1.40. The van der Waals surface area contributed by atoms with Crippen molar-refractivity contribution in [3.05, 3.63) is 18.0 Å². The van der Waals surface area contributed by atoms with Crippen LogP contribution in [-0.4, -0.2) is 62.5 Å². The standard InChI is InChI=1S/C18H26N6O4/c1-18(2,3)28-17(26)23-9-5-6-12(11-23)16(25)19-10-14-21-20-13-7-8-15(27-4)22-24(13)14/h7-8,12H,5-6,9-11H2,1-4H3,(H,19,25)/t12-/m1/s1. The molecule has 152 valence electrons. The SMILES string of the molecule is COc1ccc2nnc(CNC(=O)[C@@H]3CCCN(C(=O)OC(C)(C)C)C3)n2n1. The van der Waals surface area contributed by atoms with Gasteiger partial charge in [0.05, 0.1) is 19.6 Å². The molecule has 2 amide bonds. The maximum Gasteiger partial charge on any atom is 0.410 e. The molecular formula is C18H26N6O4. The van der Waals surface area contributed by atoms with E-state index in [1.165, 1.54) is 11.6 Å². The van der Waals surface area contributed by atoms with Crippen LogP contribution < -0.4 is 10.1 Å². The van der Waals surface area contributed by atoms with Crippen molar-refractivity contribution in [1.82, 2.24) is 30.0 Å². The van der Waals surface area contributed by atoms with E-state index in [0.717, 1.165) is 12.8 Å². The number of likely N-dealkylation sites (tertiary alicyclic amines) is 1. The summed E-state index contributed by atoms with van der Waals surface area (Å²) in [7, 11) is 1.53. The molecule has 1 aliphatic heterocycles. The second-order valence-corrected chi connectivity index (χ2v) is 7.75. The third-order valence-corrected chi connectivity index (χ3v) is 4.38. The van der Waals surface area contributed by atoms with Crippen LogP contribution in [-0.2, 0) is 16.1 Å². The van der Waals surface area contributed by atoms with Crippen LogP contribution in [0.3, 0.4) is 0 Å². The molecular weight excluding hydrogens is 364 g/mol. The number of hydrogen-bond donors (Lipinski definition) is 1. The number of carbonyl (C=O) groups is 2. The van der Waals surface area contributed by atoms with Crippen molar-refractivity contribution in [2.24, 2.45) is 5.92 Å². The van der Waals surface area contributed by atoms with Crippen molar-refractivity contribution in [3.8, 4) is 5.88 Å². The zero-order valence-electron chi connectivity index (χ0n) is 16.6. The molecule has 2 aromatic heterocycles. The molecule has 0 unspecified atom stereocenters. The lowest BCUT2D eigenvalue weighted by atomic mass is 9.97. The summed E-state index contributed by atoms with van der Waals surface area (Å²) < 4.78 is 12.1. The topological polar surface area (TPSA) is 111 Å². The number of rotatable bonds is 4. The summed E-state index contributed by atoms with van der Waals surface area (Å²) in [5.41, 5.74) is 0.00791. The highest BCUT2D eigenvalue weighted by Crippen LogP contribution is 2.19. The normalized spacial score (nSPS) is 17.4. The predicted molar refractivity (Wildman–Crippen MR) is 99.7 cm³/mol. The smallest absolute Gasteiger partial charge is 0.410 e. The molecule has 10 heteroatoms. The van der Waals surface area contributed by atoms with E-state index in [0.29, 0.717) is 30.4 Å². The maximum atomic E-state index is 12.6. The molecule has 3 heterocycles. The van der Waals surface area contributed by atoms with E-state index in [9.17, 15) is 9.59 Å². The van der Waals surface area contributed by atoms with E-state index in [-0.39, 0.29) is 24.5 Å². The summed E-state index contributed by atoms with van der Waals surface area (Å²) in [6, 6.07) is 3.43. The highest BCUT2D eigenvalue weighted by Gasteiger charge is 2.31. The molecule has 2 aromatic rings. The first-order chi connectivity index (χ1) is 13.3. The lowest BCUT2D eigenvalue weighted by Gasteiger charge is -2.33. The molecule has 0 aliphatic carbocycles. The molecule has 1 aliphatic rings. The third kappa shape index (κ3) is 4.68. The fourth-order valence-electron chi connectivity index (χ4n) is 3.03. The van der Waals surface area contributed by atoms with Gasteiger partial charge < -0.3 is 19.7 Å². The quantitative estimate of drug-likeness (QED) is 0.840. The second-order valence-electron chi connectivity index (χ2n) is 7.75. The zero-order chi connectivity index (χ0) is 20.3. The molecule has 1 fully saturated rings. The Morgan fingerprint density at radius 1 is 1.29 bits per heavy atom. The molecule has 0 spiro atoms. The Morgan fingerprint density at radius 2 is 2.07 bits per heavy atom. The van der Waals surface area contributed by atoms with Crippen molar-refractivity contribution in [1.29, 1.82) is 0 Å². The Hall–Kier alpha value is -2.91. The molecule has 1 saturated heterocycles. The fraction of sp³-hybridized carbons (Fsp3) is 0.611. The van der Waals surface area contributed by atoms with E-state index in [2.05, 4.69) is 20.6 Å². The Kier molecular flexibility index (Phi) is 5.66. The van der Waals surface area contributed by atoms with Crippen LogP contribution in [0.4, 0.5) is 4.79 Å². The molecule has 0 aromatic carbocycles. The molecule has 3 rings (SSSR count). The number of ether oxygens (including phenoxy) is 2. The van der Waals surface area contributed by atoms with Crippen LogP contribution in [0.2, 0.25) is 0 Å². The minimum atomic E-state index is -0.560. The van der Waals surface area contributed by atoms with Crippen LogP contribution in [0, 0.1) is 5.92 Å². The molecule has 1 atom stereocenters. The van der Waals surface area contributed by atoms with E-state index in [1.54, 1.807) is 17.0 Å². The van der Waals surface area contributed by atoms with Gasteiger partial charge in [0.15, 0.2) is 11.5 Å². The summed E-state index contributed by atoms with van der Waals surface area (Å²) in [6.45, 7) is 6.59. The number of fused-ring (bicyclic) bond motifs is 1. The van der Waals surface area contributed by atoms with Crippen LogP contribution >= 0.6 is 0 Å². The highest BCUT2D eigenvalue weighted by molar-refractivity contribution is 5.80. The van der Waals surface area contributed by atoms with Gasteiger partial charge in [-0.15, -0.1) is 15.3 Å². The Bertz CT molecular complexity index is 859. The number of carbonyl (C=O) groups excluding carboxylic acids is 2. The van der Waals surface area contributed by atoms with Crippen LogP contribution in [0.15, 0.2) is 12.1 Å². The van der Waals surface area contributed by atoms with Gasteiger partial charge in [0.2, 0.25) is 11.8 Å². The number of aromatic nitrogens is 4. The fourth-order valence-corrected chi connectivity index (χ4v) is 3.03. The third-order valence-electron chi connectivity index (χ3n) is 4.38. The summed E-state index contributed by atoms with van der Waals surface area (Å²) in [5, 5.41) is 15.2. The summed E-state index contributed by atoms with van der Waals surface area (Å²) in [5.74, 6) is 0.512. The van der Waals surface area contributed by atoms with Gasteiger partial charge in [0.1, 0.15) is 5.60 Å². The van der Waals surface area contributed by atoms with E-state index in [4.69, 9.17) is 9.47 Å². The first-order valence-electron chi connectivity index (χ1n) is 9.28. The average molecular weight is 390 g/mol. The van der Waals surface area contributed by atoms with Gasteiger partial charge in [-0.1, -0.05) is 0 Å². The van der Waals surface area contributed by atoms with E-state index >= 15 is 0 Å². The van der Waals surface area contributed by atoms with Crippen molar-refractivity contribution in [2.75, 3.05) is 20.2 Å². The van der Waals surface area contributed by atoms with Gasteiger partial charge in [-0.05, 0) is 39.7 Å². The monoisotopic (exact) mass is 390 g/mol. The van der Waals surface area contributed by atoms with Gasteiger partial charge in [0.25, 0.3) is 0 Å². The van der Waals surface area contributed by atoms with E-state index < -0.39 is 5.60 Å². The van der Waals surface area contributed by atoms with Crippen molar-refractivity contribution < 1.29 is 19.1 Å². The first-order valence-corrected chi connectivity index (χ1v) is 9.28. The molecule has 1 N–H and O–H groups in total. The molecule has 10 nitrogen and oxygen atoms in total. The lowest BCUT2D eigenvalue weighted by Crippen LogP contribution is -2.47. The summed E-state index contributed by atoms with van der Waals surface area (Å²) in [6.07, 6.45) is 1.09. The van der Waals surface area contributed by atoms with Crippen molar-refractivity contribution >= 4 is 17.6 Å². The Labute approximate surface area is 163 Å². The zero-order valence-corrected chi connectivity index (χ0v) is 16.6.